The standard InChI is InChI=1S/C19H21N5OS2/c1-13-7-9-24(10-8-13)19-23-17-16(27-19)18(21-12-20-17)26-11-15(25)22-14-5-3-2-4-6-14/h2-6,12-13H,7-11H2,1H3,(H,22,25). The first-order chi connectivity index (χ1) is 13.2. The second kappa shape index (κ2) is 8.22. The lowest BCUT2D eigenvalue weighted by molar-refractivity contribution is -0.113. The molecule has 4 rings (SSSR count). The van der Waals surface area contributed by atoms with Crippen LogP contribution in [-0.4, -0.2) is 39.7 Å². The van der Waals surface area contributed by atoms with Gasteiger partial charge >= 0.3 is 0 Å². The van der Waals surface area contributed by atoms with Gasteiger partial charge in [0.2, 0.25) is 5.91 Å². The van der Waals surface area contributed by atoms with Crippen molar-refractivity contribution in [2.75, 3.05) is 29.1 Å². The van der Waals surface area contributed by atoms with Crippen LogP contribution < -0.4 is 10.2 Å². The van der Waals surface area contributed by atoms with E-state index in [0.29, 0.717) is 5.75 Å². The fourth-order valence-electron chi connectivity index (χ4n) is 3.01. The van der Waals surface area contributed by atoms with E-state index >= 15 is 0 Å². The van der Waals surface area contributed by atoms with Gasteiger partial charge < -0.3 is 10.2 Å². The smallest absolute Gasteiger partial charge is 0.234 e. The van der Waals surface area contributed by atoms with Crippen LogP contribution in [0.1, 0.15) is 19.8 Å². The van der Waals surface area contributed by atoms with Gasteiger partial charge in [0.15, 0.2) is 10.8 Å². The van der Waals surface area contributed by atoms with E-state index in [-0.39, 0.29) is 5.91 Å². The van der Waals surface area contributed by atoms with Gasteiger partial charge in [-0.25, -0.2) is 9.97 Å². The molecule has 27 heavy (non-hydrogen) atoms. The normalized spacial score (nSPS) is 15.2. The number of amides is 1. The molecule has 0 aliphatic carbocycles. The first kappa shape index (κ1) is 18.2. The number of hydrogen-bond donors (Lipinski definition) is 1. The first-order valence-electron chi connectivity index (χ1n) is 9.03. The number of nitrogens with zero attached hydrogens (tertiary/aromatic N) is 4. The van der Waals surface area contributed by atoms with E-state index in [1.165, 1.54) is 30.9 Å². The number of carbonyl (C=O) groups is 1. The second-order valence-corrected chi connectivity index (χ2v) is 8.64. The zero-order valence-corrected chi connectivity index (χ0v) is 16.7. The van der Waals surface area contributed by atoms with Gasteiger partial charge in [-0.3, -0.25) is 4.79 Å². The molecule has 2 aromatic heterocycles. The summed E-state index contributed by atoms with van der Waals surface area (Å²) in [4.78, 5) is 27.9. The molecule has 1 amide bonds. The molecule has 0 radical (unpaired) electrons. The van der Waals surface area contributed by atoms with Gasteiger partial charge in [-0.2, -0.15) is 4.98 Å². The van der Waals surface area contributed by atoms with Crippen LogP contribution in [0, 0.1) is 5.92 Å². The number of hydrogen-bond acceptors (Lipinski definition) is 7. The van der Waals surface area contributed by atoms with Crippen molar-refractivity contribution in [1.29, 1.82) is 0 Å². The minimum absolute atomic E-state index is 0.0484. The van der Waals surface area contributed by atoms with Gasteiger partial charge in [0, 0.05) is 18.8 Å². The Morgan fingerprint density at radius 3 is 2.81 bits per heavy atom. The van der Waals surface area contributed by atoms with E-state index in [9.17, 15) is 4.79 Å². The number of benzene rings is 1. The van der Waals surface area contributed by atoms with E-state index in [4.69, 9.17) is 4.98 Å². The average Bonchev–Trinajstić information content (AvgIpc) is 3.12. The van der Waals surface area contributed by atoms with Crippen LogP contribution in [0.15, 0.2) is 41.7 Å². The van der Waals surface area contributed by atoms with Gasteiger partial charge in [0.1, 0.15) is 16.1 Å². The highest BCUT2D eigenvalue weighted by atomic mass is 32.2. The number of para-hydroxylation sites is 1. The molecule has 1 aliphatic rings. The third-order valence-corrected chi connectivity index (χ3v) is 6.83. The van der Waals surface area contributed by atoms with Crippen molar-refractivity contribution in [2.24, 2.45) is 5.92 Å². The fourth-order valence-corrected chi connectivity index (χ4v) is 4.95. The summed E-state index contributed by atoms with van der Waals surface area (Å²) in [6, 6.07) is 9.47. The number of aromatic nitrogens is 3. The minimum Gasteiger partial charge on any atom is -0.348 e. The molecule has 8 heteroatoms. The molecule has 0 unspecified atom stereocenters. The molecule has 1 N–H and O–H groups in total. The van der Waals surface area contributed by atoms with Crippen LogP contribution >= 0.6 is 23.1 Å². The molecule has 1 saturated heterocycles. The Morgan fingerprint density at radius 1 is 1.26 bits per heavy atom. The topological polar surface area (TPSA) is 71.0 Å². The van der Waals surface area contributed by atoms with E-state index in [2.05, 4.69) is 27.1 Å². The van der Waals surface area contributed by atoms with Crippen LogP contribution in [0.4, 0.5) is 10.8 Å². The largest absolute Gasteiger partial charge is 0.348 e. The molecular weight excluding hydrogens is 378 g/mol. The summed E-state index contributed by atoms with van der Waals surface area (Å²) in [6.07, 6.45) is 3.92. The van der Waals surface area contributed by atoms with Crippen LogP contribution in [0.25, 0.3) is 10.3 Å². The van der Waals surface area contributed by atoms with Crippen LogP contribution in [0.3, 0.4) is 0 Å². The second-order valence-electron chi connectivity index (χ2n) is 6.70. The summed E-state index contributed by atoms with van der Waals surface area (Å²) >= 11 is 3.05. The number of fused-ring (bicyclic) bond motifs is 1. The number of carbonyl (C=O) groups excluding carboxylic acids is 1. The number of anilines is 2. The molecule has 0 atom stereocenters. The molecule has 1 aliphatic heterocycles. The lowest BCUT2D eigenvalue weighted by atomic mass is 10.00. The Balaban J connectivity index is 1.45. The molecule has 3 aromatic rings. The Hall–Kier alpha value is -2.19. The summed E-state index contributed by atoms with van der Waals surface area (Å²) in [7, 11) is 0. The van der Waals surface area contributed by atoms with Crippen molar-refractivity contribution in [1.82, 2.24) is 15.0 Å². The number of nitrogens with one attached hydrogen (secondary N) is 1. The molecular formula is C19H21N5OS2. The lowest BCUT2D eigenvalue weighted by Gasteiger charge is -2.29. The maximum atomic E-state index is 12.2. The number of piperidine rings is 1. The Bertz CT molecular complexity index is 922. The highest BCUT2D eigenvalue weighted by Crippen LogP contribution is 2.35. The van der Waals surface area contributed by atoms with Crippen LogP contribution in [-0.2, 0) is 4.79 Å². The third-order valence-electron chi connectivity index (χ3n) is 4.60. The molecule has 0 saturated carbocycles. The SMILES string of the molecule is CC1CCN(c2nc3ncnc(SCC(=O)Nc4ccccc4)c3s2)CC1. The fraction of sp³-hybridized carbons (Fsp3) is 0.368. The number of thiazole rings is 1. The molecule has 6 nitrogen and oxygen atoms in total. The highest BCUT2D eigenvalue weighted by molar-refractivity contribution is 8.00. The van der Waals surface area contributed by atoms with Crippen molar-refractivity contribution in [2.45, 2.75) is 24.8 Å². The molecule has 3 heterocycles. The van der Waals surface area contributed by atoms with Gasteiger partial charge in [-0.05, 0) is 30.9 Å². The van der Waals surface area contributed by atoms with Gasteiger partial charge in [-0.15, -0.1) is 0 Å². The van der Waals surface area contributed by atoms with Crippen molar-refractivity contribution < 1.29 is 4.79 Å². The van der Waals surface area contributed by atoms with Gasteiger partial charge in [0.25, 0.3) is 0 Å². The minimum atomic E-state index is -0.0484. The maximum Gasteiger partial charge on any atom is 0.234 e. The van der Waals surface area contributed by atoms with Gasteiger partial charge in [0.05, 0.1) is 5.75 Å². The monoisotopic (exact) mass is 399 g/mol. The van der Waals surface area contributed by atoms with E-state index in [1.807, 2.05) is 30.3 Å². The quantitative estimate of drug-likeness (QED) is 0.515. The summed E-state index contributed by atoms with van der Waals surface area (Å²) in [6.45, 7) is 4.38. The van der Waals surface area contributed by atoms with Crippen molar-refractivity contribution >= 4 is 50.2 Å². The molecule has 0 spiro atoms. The van der Waals surface area contributed by atoms with E-state index in [0.717, 1.165) is 45.2 Å². The molecule has 1 fully saturated rings. The maximum absolute atomic E-state index is 12.2. The zero-order chi connectivity index (χ0) is 18.6. The van der Waals surface area contributed by atoms with Crippen LogP contribution in [0.5, 0.6) is 0 Å². The van der Waals surface area contributed by atoms with Crippen LogP contribution in [0.2, 0.25) is 0 Å². The predicted octanol–water partition coefficient (Wildman–Crippen LogP) is 4.05. The van der Waals surface area contributed by atoms with Gasteiger partial charge in [-0.1, -0.05) is 48.2 Å². The lowest BCUT2D eigenvalue weighted by Crippen LogP contribution is -2.32. The molecule has 140 valence electrons. The predicted molar refractivity (Wildman–Crippen MR) is 112 cm³/mol. The summed E-state index contributed by atoms with van der Waals surface area (Å²) in [5, 5.41) is 4.72. The van der Waals surface area contributed by atoms with Crippen molar-refractivity contribution in [3.63, 3.8) is 0 Å². The van der Waals surface area contributed by atoms with E-state index < -0.39 is 0 Å². The van der Waals surface area contributed by atoms with Crippen molar-refractivity contribution in [3.8, 4) is 0 Å². The summed E-state index contributed by atoms with van der Waals surface area (Å²) in [5.41, 5.74) is 1.52. The first-order valence-corrected chi connectivity index (χ1v) is 10.8. The average molecular weight is 400 g/mol. The highest BCUT2D eigenvalue weighted by Gasteiger charge is 2.20. The number of rotatable bonds is 5. The summed E-state index contributed by atoms with van der Waals surface area (Å²) < 4.78 is 0.962. The Kier molecular flexibility index (Phi) is 5.54. The third kappa shape index (κ3) is 4.39. The number of thioether (sulfide) groups is 1. The van der Waals surface area contributed by atoms with E-state index in [1.54, 1.807) is 11.3 Å². The molecule has 0 bridgehead atoms. The summed E-state index contributed by atoms with van der Waals surface area (Å²) in [5.74, 6) is 1.03. The Morgan fingerprint density at radius 2 is 2.04 bits per heavy atom. The van der Waals surface area contributed by atoms with Crippen molar-refractivity contribution in [3.05, 3.63) is 36.7 Å². The molecule has 1 aromatic carbocycles. The Labute approximate surface area is 166 Å². The zero-order valence-electron chi connectivity index (χ0n) is 15.1.